The molecule has 1 aromatic rings. The summed E-state index contributed by atoms with van der Waals surface area (Å²) in [6.45, 7) is 1.69. The van der Waals surface area contributed by atoms with Gasteiger partial charge >= 0.3 is 0 Å². The van der Waals surface area contributed by atoms with E-state index in [4.69, 9.17) is 5.84 Å². The normalized spacial score (nSPS) is 18.3. The molecule has 9 heavy (non-hydrogen) atoms. The first kappa shape index (κ1) is 5.34. The summed E-state index contributed by atoms with van der Waals surface area (Å²) in [6, 6.07) is 0. The number of rotatable bonds is 0. The van der Waals surface area contributed by atoms with E-state index in [2.05, 4.69) is 4.98 Å². The fourth-order valence-electron chi connectivity index (χ4n) is 0.984. The molecule has 2 N–H and O–H groups in total. The third-order valence-electron chi connectivity index (χ3n) is 1.42. The lowest BCUT2D eigenvalue weighted by atomic mass is 10.4. The Morgan fingerprint density at radius 3 is 3.33 bits per heavy atom. The van der Waals surface area contributed by atoms with Gasteiger partial charge < -0.3 is 0 Å². The average Bonchev–Trinajstić information content (AvgIpc) is 2.22. The molecule has 1 aliphatic rings. The first-order valence-corrected chi connectivity index (χ1v) is 3.65. The summed E-state index contributed by atoms with van der Waals surface area (Å²) in [7, 11) is 0. The van der Waals surface area contributed by atoms with Crippen molar-refractivity contribution >= 4 is 11.3 Å². The van der Waals surface area contributed by atoms with E-state index in [-0.39, 0.29) is 0 Å². The van der Waals surface area contributed by atoms with Gasteiger partial charge in [-0.25, -0.2) is 9.99 Å². The van der Waals surface area contributed by atoms with Gasteiger partial charge in [-0.3, -0.25) is 5.84 Å². The van der Waals surface area contributed by atoms with Crippen LogP contribution in [0.5, 0.6) is 0 Å². The Hall–Kier alpha value is -0.450. The molecule has 0 spiro atoms. The molecule has 3 nitrogen and oxygen atoms in total. The highest BCUT2D eigenvalue weighted by atomic mass is 32.1. The molecular formula is C5H7N3S. The smallest absolute Gasteiger partial charge is 0.0798 e. The molecule has 0 saturated carbocycles. The Morgan fingerprint density at radius 2 is 2.56 bits per heavy atom. The number of thiazole rings is 1. The highest BCUT2D eigenvalue weighted by Crippen LogP contribution is 2.21. The van der Waals surface area contributed by atoms with Crippen LogP contribution in [-0.4, -0.2) is 9.99 Å². The molecule has 0 atom stereocenters. The molecular weight excluding hydrogens is 134 g/mol. The van der Waals surface area contributed by atoms with E-state index in [0.717, 1.165) is 18.8 Å². The second-order valence-electron chi connectivity index (χ2n) is 2.13. The lowest BCUT2D eigenvalue weighted by molar-refractivity contribution is 0.295. The highest BCUT2D eigenvalue weighted by Gasteiger charge is 2.17. The Labute approximate surface area is 57.1 Å². The number of aromatic nitrogens is 1. The molecule has 1 aromatic heterocycles. The Bertz CT molecular complexity index is 199. The number of hydrazine groups is 1. The lowest BCUT2D eigenvalue weighted by Gasteiger charge is -2.02. The van der Waals surface area contributed by atoms with Crippen LogP contribution in [0.1, 0.15) is 10.6 Å². The van der Waals surface area contributed by atoms with Crippen LogP contribution in [0.25, 0.3) is 0 Å². The minimum absolute atomic E-state index is 0.818. The van der Waals surface area contributed by atoms with Crippen molar-refractivity contribution in [3.05, 3.63) is 16.1 Å². The molecule has 0 aliphatic carbocycles. The Balaban J connectivity index is 2.39. The van der Waals surface area contributed by atoms with Gasteiger partial charge in [-0.2, -0.15) is 0 Å². The summed E-state index contributed by atoms with van der Waals surface area (Å²) in [5, 5.41) is 1.77. The number of fused-ring (bicyclic) bond motifs is 1. The second kappa shape index (κ2) is 1.76. The van der Waals surface area contributed by atoms with Crippen LogP contribution in [0.15, 0.2) is 5.51 Å². The van der Waals surface area contributed by atoms with Gasteiger partial charge in [0, 0.05) is 11.4 Å². The zero-order valence-corrected chi connectivity index (χ0v) is 5.69. The van der Waals surface area contributed by atoms with Crippen LogP contribution in [0, 0.1) is 0 Å². The van der Waals surface area contributed by atoms with Crippen LogP contribution >= 0.6 is 11.3 Å². The van der Waals surface area contributed by atoms with Crippen LogP contribution in [0.4, 0.5) is 0 Å². The molecule has 0 amide bonds. The van der Waals surface area contributed by atoms with E-state index in [9.17, 15) is 0 Å². The third-order valence-corrected chi connectivity index (χ3v) is 2.28. The molecule has 2 heterocycles. The zero-order chi connectivity index (χ0) is 6.27. The number of nitrogens with two attached hydrogens (primary N) is 1. The summed E-state index contributed by atoms with van der Waals surface area (Å²) >= 11 is 1.68. The Kier molecular flexibility index (Phi) is 1.05. The van der Waals surface area contributed by atoms with Crippen LogP contribution < -0.4 is 5.84 Å². The minimum Gasteiger partial charge on any atom is -0.268 e. The zero-order valence-electron chi connectivity index (χ0n) is 4.87. The predicted molar refractivity (Wildman–Crippen MR) is 35.5 cm³/mol. The van der Waals surface area contributed by atoms with Crippen LogP contribution in [0.2, 0.25) is 0 Å². The fourth-order valence-corrected chi connectivity index (χ4v) is 1.78. The topological polar surface area (TPSA) is 42.1 Å². The molecule has 4 heteroatoms. The van der Waals surface area contributed by atoms with Crippen molar-refractivity contribution in [2.24, 2.45) is 5.84 Å². The fraction of sp³-hybridized carbons (Fsp3) is 0.400. The molecule has 1 aliphatic heterocycles. The average molecular weight is 141 g/mol. The summed E-state index contributed by atoms with van der Waals surface area (Å²) in [5.74, 6) is 5.53. The van der Waals surface area contributed by atoms with E-state index in [1.165, 1.54) is 4.88 Å². The molecule has 2 rings (SSSR count). The van der Waals surface area contributed by atoms with Gasteiger partial charge in [0.15, 0.2) is 0 Å². The molecule has 0 radical (unpaired) electrons. The monoisotopic (exact) mass is 141 g/mol. The maximum Gasteiger partial charge on any atom is 0.0798 e. The van der Waals surface area contributed by atoms with Crippen LogP contribution in [0.3, 0.4) is 0 Å². The van der Waals surface area contributed by atoms with Crippen molar-refractivity contribution in [2.45, 2.75) is 13.1 Å². The van der Waals surface area contributed by atoms with E-state index >= 15 is 0 Å². The van der Waals surface area contributed by atoms with Gasteiger partial charge in [-0.05, 0) is 0 Å². The van der Waals surface area contributed by atoms with Crippen molar-refractivity contribution < 1.29 is 0 Å². The first-order valence-electron chi connectivity index (χ1n) is 2.77. The summed E-state index contributed by atoms with van der Waals surface area (Å²) in [6.07, 6.45) is 0. The van der Waals surface area contributed by atoms with E-state index in [1.807, 2.05) is 5.51 Å². The van der Waals surface area contributed by atoms with Crippen molar-refractivity contribution in [1.82, 2.24) is 9.99 Å². The van der Waals surface area contributed by atoms with Gasteiger partial charge in [0.25, 0.3) is 0 Å². The molecule has 48 valence electrons. The summed E-state index contributed by atoms with van der Waals surface area (Å²) in [5.41, 5.74) is 3.03. The summed E-state index contributed by atoms with van der Waals surface area (Å²) in [4.78, 5) is 5.46. The molecule has 0 unspecified atom stereocenters. The molecule has 0 bridgehead atoms. The number of nitrogens with zero attached hydrogens (tertiary/aromatic N) is 2. The minimum atomic E-state index is 0.818. The maximum absolute atomic E-state index is 5.53. The molecule has 0 fully saturated rings. The maximum atomic E-state index is 5.53. The van der Waals surface area contributed by atoms with E-state index in [1.54, 1.807) is 16.3 Å². The number of hydrogen-bond acceptors (Lipinski definition) is 4. The molecule has 0 aromatic carbocycles. The van der Waals surface area contributed by atoms with Gasteiger partial charge in [0.05, 0.1) is 17.7 Å². The van der Waals surface area contributed by atoms with E-state index in [0.29, 0.717) is 0 Å². The largest absolute Gasteiger partial charge is 0.268 e. The Morgan fingerprint density at radius 1 is 1.67 bits per heavy atom. The van der Waals surface area contributed by atoms with Gasteiger partial charge in [0.1, 0.15) is 0 Å². The highest BCUT2D eigenvalue weighted by molar-refractivity contribution is 7.09. The molecule has 0 saturated heterocycles. The van der Waals surface area contributed by atoms with Crippen molar-refractivity contribution in [2.75, 3.05) is 0 Å². The quantitative estimate of drug-likeness (QED) is 0.529. The number of hydrogen-bond donors (Lipinski definition) is 1. The van der Waals surface area contributed by atoms with Gasteiger partial charge in [-0.1, -0.05) is 0 Å². The first-order chi connectivity index (χ1) is 4.36. The SMILES string of the molecule is NN1Cc2ncsc2C1. The van der Waals surface area contributed by atoms with Gasteiger partial charge in [0.2, 0.25) is 0 Å². The van der Waals surface area contributed by atoms with Crippen LogP contribution in [-0.2, 0) is 13.1 Å². The van der Waals surface area contributed by atoms with Crippen molar-refractivity contribution in [1.29, 1.82) is 0 Å². The lowest BCUT2D eigenvalue weighted by Crippen LogP contribution is -2.23. The van der Waals surface area contributed by atoms with E-state index < -0.39 is 0 Å². The second-order valence-corrected chi connectivity index (χ2v) is 3.07. The third kappa shape index (κ3) is 0.755. The van der Waals surface area contributed by atoms with Gasteiger partial charge in [-0.15, -0.1) is 11.3 Å². The standard InChI is InChI=1S/C5H7N3S/c6-8-1-4-5(2-8)9-3-7-4/h3H,1-2,6H2. The van der Waals surface area contributed by atoms with Crippen molar-refractivity contribution in [3.8, 4) is 0 Å². The summed E-state index contributed by atoms with van der Waals surface area (Å²) < 4.78 is 0. The predicted octanol–water partition coefficient (Wildman–Crippen LogP) is 0.332. The van der Waals surface area contributed by atoms with Crippen molar-refractivity contribution in [3.63, 3.8) is 0 Å².